The largest absolute Gasteiger partial charge is 0.355 e. The van der Waals surface area contributed by atoms with Gasteiger partial charge in [0.2, 0.25) is 11.8 Å². The van der Waals surface area contributed by atoms with E-state index >= 15 is 0 Å². The average Bonchev–Trinajstić information content (AvgIpc) is 2.67. The Labute approximate surface area is 178 Å². The van der Waals surface area contributed by atoms with Gasteiger partial charge in [-0.3, -0.25) is 9.59 Å². The number of hydrogen-bond acceptors (Lipinski definition) is 3. The second-order valence-corrected chi connectivity index (χ2v) is 8.24. The Hall–Kier alpha value is -1.86. The van der Waals surface area contributed by atoms with Crippen molar-refractivity contribution < 1.29 is 14.0 Å². The monoisotopic (exact) mass is 466 g/mol. The third-order valence-electron chi connectivity index (χ3n) is 4.17. The van der Waals surface area contributed by atoms with Gasteiger partial charge in [0.1, 0.15) is 11.9 Å². The molecule has 0 radical (unpaired) electrons. The zero-order chi connectivity index (χ0) is 20.5. The summed E-state index contributed by atoms with van der Waals surface area (Å²) in [7, 11) is 0. The van der Waals surface area contributed by atoms with Crippen molar-refractivity contribution in [3.8, 4) is 0 Å². The van der Waals surface area contributed by atoms with Gasteiger partial charge in [-0.05, 0) is 49.2 Å². The van der Waals surface area contributed by atoms with Crippen LogP contribution in [0, 0.1) is 5.82 Å². The minimum absolute atomic E-state index is 0.106. The maximum absolute atomic E-state index is 13.0. The molecule has 0 aliphatic rings. The maximum atomic E-state index is 13.0. The van der Waals surface area contributed by atoms with Gasteiger partial charge in [-0.1, -0.05) is 40.2 Å². The molecule has 150 valence electrons. The number of amides is 2. The zero-order valence-corrected chi connectivity index (χ0v) is 18.4. The number of nitrogens with zero attached hydrogens (tertiary/aromatic N) is 1. The molecule has 0 aliphatic heterocycles. The van der Waals surface area contributed by atoms with E-state index in [2.05, 4.69) is 21.2 Å². The molecular formula is C21H24BrFN2O2S. The Morgan fingerprint density at radius 3 is 2.54 bits per heavy atom. The van der Waals surface area contributed by atoms with Gasteiger partial charge in [-0.15, -0.1) is 11.8 Å². The molecular weight excluding hydrogens is 443 g/mol. The van der Waals surface area contributed by atoms with Crippen LogP contribution in [0.3, 0.4) is 0 Å². The molecule has 4 nitrogen and oxygen atoms in total. The van der Waals surface area contributed by atoms with Gasteiger partial charge in [-0.2, -0.15) is 0 Å². The highest BCUT2D eigenvalue weighted by Crippen LogP contribution is 2.18. The van der Waals surface area contributed by atoms with Gasteiger partial charge < -0.3 is 10.2 Å². The molecule has 2 amide bonds. The molecule has 0 saturated carbocycles. The predicted octanol–water partition coefficient (Wildman–Crippen LogP) is 4.37. The molecule has 0 aromatic heterocycles. The number of carbonyl (C=O) groups excluding carboxylic acids is 2. The fraction of sp³-hybridized carbons (Fsp3) is 0.333. The van der Waals surface area contributed by atoms with Crippen LogP contribution in [-0.2, 0) is 21.9 Å². The molecule has 28 heavy (non-hydrogen) atoms. The van der Waals surface area contributed by atoms with E-state index in [9.17, 15) is 14.0 Å². The topological polar surface area (TPSA) is 49.4 Å². The summed E-state index contributed by atoms with van der Waals surface area (Å²) >= 11 is 4.89. The quantitative estimate of drug-likeness (QED) is 0.596. The van der Waals surface area contributed by atoms with Crippen molar-refractivity contribution in [2.75, 3.05) is 12.3 Å². The summed E-state index contributed by atoms with van der Waals surface area (Å²) in [6.07, 6.45) is 0. The summed E-state index contributed by atoms with van der Waals surface area (Å²) in [6, 6.07) is 13.4. The lowest BCUT2D eigenvalue weighted by atomic mass is 10.1. The highest BCUT2D eigenvalue weighted by Gasteiger charge is 2.25. The second kappa shape index (κ2) is 11.2. The number of benzene rings is 2. The van der Waals surface area contributed by atoms with E-state index in [1.165, 1.54) is 23.9 Å². The Morgan fingerprint density at radius 1 is 1.18 bits per heavy atom. The van der Waals surface area contributed by atoms with Crippen LogP contribution in [-0.4, -0.2) is 35.1 Å². The van der Waals surface area contributed by atoms with Crippen molar-refractivity contribution in [3.63, 3.8) is 0 Å². The number of rotatable bonds is 9. The highest BCUT2D eigenvalue weighted by atomic mass is 79.9. The number of hydrogen-bond donors (Lipinski definition) is 1. The predicted molar refractivity (Wildman–Crippen MR) is 115 cm³/mol. The van der Waals surface area contributed by atoms with Crippen LogP contribution >= 0.6 is 27.7 Å². The maximum Gasteiger partial charge on any atom is 0.242 e. The molecule has 0 bridgehead atoms. The number of carbonyl (C=O) groups is 2. The lowest BCUT2D eigenvalue weighted by molar-refractivity contribution is -0.138. The molecule has 0 heterocycles. The minimum atomic E-state index is -0.571. The average molecular weight is 467 g/mol. The molecule has 0 spiro atoms. The highest BCUT2D eigenvalue weighted by molar-refractivity contribution is 9.10. The first-order valence-electron chi connectivity index (χ1n) is 9.04. The van der Waals surface area contributed by atoms with E-state index in [-0.39, 0.29) is 23.4 Å². The fourth-order valence-electron chi connectivity index (χ4n) is 2.66. The summed E-state index contributed by atoms with van der Waals surface area (Å²) < 4.78 is 13.9. The summed E-state index contributed by atoms with van der Waals surface area (Å²) in [4.78, 5) is 26.8. The molecule has 0 fully saturated rings. The van der Waals surface area contributed by atoms with Crippen molar-refractivity contribution in [2.24, 2.45) is 0 Å². The summed E-state index contributed by atoms with van der Waals surface area (Å²) in [5.41, 5.74) is 1.90. The van der Waals surface area contributed by atoms with E-state index in [1.807, 2.05) is 31.2 Å². The molecule has 0 unspecified atom stereocenters. The van der Waals surface area contributed by atoms with Crippen LogP contribution in [0.5, 0.6) is 0 Å². The summed E-state index contributed by atoms with van der Waals surface area (Å²) in [6.45, 7) is 4.46. The smallest absolute Gasteiger partial charge is 0.242 e. The van der Waals surface area contributed by atoms with Crippen molar-refractivity contribution >= 4 is 39.5 Å². The third-order valence-corrected chi connectivity index (χ3v) is 5.65. The SMILES string of the molecule is CCNC(=O)[C@@H](C)N(Cc1cccc(Br)c1)C(=O)CSCc1ccc(F)cc1. The number of likely N-dealkylation sites (N-methyl/N-ethyl adjacent to an activating group) is 1. The van der Waals surface area contributed by atoms with Crippen LogP contribution in [0.25, 0.3) is 0 Å². The van der Waals surface area contributed by atoms with Gasteiger partial charge in [0.25, 0.3) is 0 Å². The fourth-order valence-corrected chi connectivity index (χ4v) is 3.97. The van der Waals surface area contributed by atoms with Gasteiger partial charge in [0, 0.05) is 23.3 Å². The zero-order valence-electron chi connectivity index (χ0n) is 16.0. The minimum Gasteiger partial charge on any atom is -0.355 e. The Morgan fingerprint density at radius 2 is 1.89 bits per heavy atom. The van der Waals surface area contributed by atoms with Crippen LogP contribution in [0.4, 0.5) is 4.39 Å². The van der Waals surface area contributed by atoms with Gasteiger partial charge in [-0.25, -0.2) is 4.39 Å². The molecule has 7 heteroatoms. The molecule has 1 N–H and O–H groups in total. The molecule has 0 saturated heterocycles. The Kier molecular flexibility index (Phi) is 8.99. The van der Waals surface area contributed by atoms with Crippen LogP contribution in [0.15, 0.2) is 53.0 Å². The second-order valence-electron chi connectivity index (χ2n) is 6.34. The molecule has 2 aromatic rings. The number of halogens is 2. The van der Waals surface area contributed by atoms with Crippen molar-refractivity contribution in [1.29, 1.82) is 0 Å². The Balaban J connectivity index is 2.04. The number of nitrogens with one attached hydrogen (secondary N) is 1. The van der Waals surface area contributed by atoms with Crippen molar-refractivity contribution in [2.45, 2.75) is 32.2 Å². The van der Waals surface area contributed by atoms with Gasteiger partial charge in [0.05, 0.1) is 5.75 Å². The van der Waals surface area contributed by atoms with Crippen LogP contribution < -0.4 is 5.32 Å². The number of thioether (sulfide) groups is 1. The third kappa shape index (κ3) is 6.95. The van der Waals surface area contributed by atoms with Crippen LogP contribution in [0.2, 0.25) is 0 Å². The molecule has 2 rings (SSSR count). The van der Waals surface area contributed by atoms with E-state index in [1.54, 1.807) is 24.0 Å². The first-order valence-corrected chi connectivity index (χ1v) is 11.0. The van der Waals surface area contributed by atoms with Gasteiger partial charge in [0.15, 0.2) is 0 Å². The summed E-state index contributed by atoms with van der Waals surface area (Å²) in [5.74, 6) is 0.294. The standard InChI is InChI=1S/C21H24BrFN2O2S/c1-3-24-21(27)15(2)25(12-17-5-4-6-18(22)11-17)20(26)14-28-13-16-7-9-19(23)10-8-16/h4-11,15H,3,12-14H2,1-2H3,(H,24,27)/t15-/m1/s1. The van der Waals surface area contributed by atoms with E-state index in [4.69, 9.17) is 0 Å². The van der Waals surface area contributed by atoms with Crippen LogP contribution in [0.1, 0.15) is 25.0 Å². The molecule has 1 atom stereocenters. The first kappa shape index (κ1) is 22.4. The van der Waals surface area contributed by atoms with Crippen molar-refractivity contribution in [3.05, 3.63) is 69.9 Å². The van der Waals surface area contributed by atoms with E-state index in [0.717, 1.165) is 15.6 Å². The lowest BCUT2D eigenvalue weighted by Gasteiger charge is -2.28. The molecule has 2 aromatic carbocycles. The van der Waals surface area contributed by atoms with Crippen molar-refractivity contribution in [1.82, 2.24) is 10.2 Å². The van der Waals surface area contributed by atoms with Gasteiger partial charge >= 0.3 is 0 Å². The molecule has 0 aliphatic carbocycles. The first-order chi connectivity index (χ1) is 13.4. The Bertz CT molecular complexity index is 801. The normalized spacial score (nSPS) is 11.7. The summed E-state index contributed by atoms with van der Waals surface area (Å²) in [5, 5.41) is 2.78. The van der Waals surface area contributed by atoms with E-state index < -0.39 is 6.04 Å². The van der Waals surface area contributed by atoms with E-state index in [0.29, 0.717) is 18.8 Å². The lowest BCUT2D eigenvalue weighted by Crippen LogP contribution is -2.48.